The molecule has 112 valence electrons. The van der Waals surface area contributed by atoms with Crippen molar-refractivity contribution in [3.05, 3.63) is 29.8 Å². The van der Waals surface area contributed by atoms with Gasteiger partial charge in [0, 0.05) is 17.3 Å². The largest absolute Gasteiger partial charge is 0.389 e. The topological polar surface area (TPSA) is 32.3 Å². The molecule has 4 unspecified atom stereocenters. The first-order valence-corrected chi connectivity index (χ1v) is 8.02. The molecule has 2 rings (SSSR count). The Hall–Kier alpha value is -1.02. The van der Waals surface area contributed by atoms with Gasteiger partial charge in [0.05, 0.1) is 6.10 Å². The Kier molecular flexibility index (Phi) is 5.09. The molecular weight excluding hydrogens is 246 g/mol. The Bertz CT molecular complexity index is 427. The normalized spacial score (nSPS) is 28.4. The zero-order valence-corrected chi connectivity index (χ0v) is 13.3. The molecule has 4 atom stereocenters. The van der Waals surface area contributed by atoms with Gasteiger partial charge in [-0.05, 0) is 43.6 Å². The minimum atomic E-state index is -0.419. The molecule has 0 aromatic heterocycles. The molecule has 1 aromatic rings. The molecule has 2 nitrogen and oxygen atoms in total. The molecule has 2 N–H and O–H groups in total. The summed E-state index contributed by atoms with van der Waals surface area (Å²) in [5, 5.41) is 13.7. The summed E-state index contributed by atoms with van der Waals surface area (Å²) in [6.07, 6.45) is 3.47. The van der Waals surface area contributed by atoms with Gasteiger partial charge in [0.1, 0.15) is 0 Å². The maximum atomic E-state index is 9.92. The van der Waals surface area contributed by atoms with Crippen LogP contribution in [0, 0.1) is 17.8 Å². The molecule has 0 saturated heterocycles. The van der Waals surface area contributed by atoms with E-state index < -0.39 is 6.10 Å². The van der Waals surface area contributed by atoms with Crippen LogP contribution in [0.5, 0.6) is 0 Å². The molecule has 0 radical (unpaired) electrons. The smallest absolute Gasteiger partial charge is 0.0781 e. The summed E-state index contributed by atoms with van der Waals surface area (Å²) in [5.74, 6) is 2.23. The van der Waals surface area contributed by atoms with Crippen LogP contribution < -0.4 is 5.32 Å². The van der Waals surface area contributed by atoms with Crippen LogP contribution in [0.1, 0.15) is 58.6 Å². The van der Waals surface area contributed by atoms with E-state index in [0.717, 1.165) is 23.1 Å². The van der Waals surface area contributed by atoms with E-state index in [2.05, 4.69) is 32.2 Å². The molecule has 0 amide bonds. The second kappa shape index (κ2) is 6.62. The number of rotatable bonds is 4. The lowest BCUT2D eigenvalue weighted by Gasteiger charge is -2.38. The highest BCUT2D eigenvalue weighted by Crippen LogP contribution is 2.36. The Morgan fingerprint density at radius 3 is 2.50 bits per heavy atom. The van der Waals surface area contributed by atoms with Gasteiger partial charge in [0.25, 0.3) is 0 Å². The van der Waals surface area contributed by atoms with E-state index in [0.29, 0.717) is 12.0 Å². The van der Waals surface area contributed by atoms with E-state index >= 15 is 0 Å². The molecule has 0 spiro atoms. The third-order valence-corrected chi connectivity index (χ3v) is 4.77. The number of aliphatic hydroxyl groups is 1. The van der Waals surface area contributed by atoms with Gasteiger partial charge in [-0.1, -0.05) is 45.4 Å². The van der Waals surface area contributed by atoms with Crippen LogP contribution in [-0.2, 0) is 0 Å². The summed E-state index contributed by atoms with van der Waals surface area (Å²) in [7, 11) is 0. The van der Waals surface area contributed by atoms with Crippen LogP contribution in [0.15, 0.2) is 24.3 Å². The third kappa shape index (κ3) is 3.54. The summed E-state index contributed by atoms with van der Waals surface area (Å²) in [4.78, 5) is 0. The van der Waals surface area contributed by atoms with E-state index in [-0.39, 0.29) is 0 Å². The molecule has 1 fully saturated rings. The van der Waals surface area contributed by atoms with Gasteiger partial charge < -0.3 is 10.4 Å². The van der Waals surface area contributed by atoms with Crippen molar-refractivity contribution in [2.24, 2.45) is 17.8 Å². The van der Waals surface area contributed by atoms with Gasteiger partial charge in [-0.3, -0.25) is 0 Å². The Morgan fingerprint density at radius 2 is 1.85 bits per heavy atom. The van der Waals surface area contributed by atoms with Crippen molar-refractivity contribution in [2.75, 3.05) is 5.32 Å². The summed E-state index contributed by atoms with van der Waals surface area (Å²) < 4.78 is 0. The van der Waals surface area contributed by atoms with Crippen molar-refractivity contribution >= 4 is 5.69 Å². The molecule has 1 aliphatic carbocycles. The average molecular weight is 275 g/mol. The quantitative estimate of drug-likeness (QED) is 0.841. The zero-order chi connectivity index (χ0) is 14.7. The first kappa shape index (κ1) is 15.4. The SMILES string of the molecule is CC1CCC(C(C)C)C(Nc2ccccc2C(C)O)C1. The van der Waals surface area contributed by atoms with Gasteiger partial charge >= 0.3 is 0 Å². The number of aliphatic hydroxyl groups excluding tert-OH is 1. The molecule has 20 heavy (non-hydrogen) atoms. The van der Waals surface area contributed by atoms with Crippen molar-refractivity contribution in [1.82, 2.24) is 0 Å². The van der Waals surface area contributed by atoms with Gasteiger partial charge in [-0.25, -0.2) is 0 Å². The van der Waals surface area contributed by atoms with Gasteiger partial charge in [-0.2, -0.15) is 0 Å². The average Bonchev–Trinajstić information content (AvgIpc) is 2.38. The van der Waals surface area contributed by atoms with E-state index in [1.54, 1.807) is 0 Å². The molecule has 2 heteroatoms. The van der Waals surface area contributed by atoms with Crippen LogP contribution in [-0.4, -0.2) is 11.1 Å². The molecule has 0 heterocycles. The lowest BCUT2D eigenvalue weighted by molar-refractivity contribution is 0.198. The minimum Gasteiger partial charge on any atom is -0.389 e. The zero-order valence-electron chi connectivity index (χ0n) is 13.3. The summed E-state index contributed by atoms with van der Waals surface area (Å²) >= 11 is 0. The number of para-hydroxylation sites is 1. The van der Waals surface area contributed by atoms with Crippen molar-refractivity contribution in [2.45, 2.75) is 59.1 Å². The number of anilines is 1. The predicted octanol–water partition coefficient (Wildman–Crippen LogP) is 4.61. The molecule has 1 aliphatic rings. The van der Waals surface area contributed by atoms with Crippen LogP contribution in [0.25, 0.3) is 0 Å². The fourth-order valence-corrected chi connectivity index (χ4v) is 3.56. The van der Waals surface area contributed by atoms with Crippen molar-refractivity contribution < 1.29 is 5.11 Å². The number of hydrogen-bond donors (Lipinski definition) is 2. The summed E-state index contributed by atoms with van der Waals surface area (Å²) in [5.41, 5.74) is 2.11. The minimum absolute atomic E-state index is 0.419. The van der Waals surface area contributed by atoms with Gasteiger partial charge in [0.2, 0.25) is 0 Å². The summed E-state index contributed by atoms with van der Waals surface area (Å²) in [6, 6.07) is 8.68. The second-order valence-corrected chi connectivity index (χ2v) is 6.84. The van der Waals surface area contributed by atoms with E-state index in [1.165, 1.54) is 19.3 Å². The lowest BCUT2D eigenvalue weighted by atomic mass is 9.74. The van der Waals surface area contributed by atoms with Crippen molar-refractivity contribution in [3.8, 4) is 0 Å². The Morgan fingerprint density at radius 1 is 1.15 bits per heavy atom. The molecular formula is C18H29NO. The standard InChI is InChI=1S/C18H29NO/c1-12(2)15-10-9-13(3)11-18(15)19-17-8-6-5-7-16(17)14(4)20/h5-8,12-15,18-20H,9-11H2,1-4H3. The maximum Gasteiger partial charge on any atom is 0.0781 e. The third-order valence-electron chi connectivity index (χ3n) is 4.77. The van der Waals surface area contributed by atoms with Crippen molar-refractivity contribution in [1.29, 1.82) is 0 Å². The molecule has 0 aliphatic heterocycles. The Balaban J connectivity index is 2.18. The second-order valence-electron chi connectivity index (χ2n) is 6.84. The highest BCUT2D eigenvalue weighted by Gasteiger charge is 2.31. The van der Waals surface area contributed by atoms with Crippen LogP contribution in [0.2, 0.25) is 0 Å². The molecule has 1 saturated carbocycles. The highest BCUT2D eigenvalue weighted by molar-refractivity contribution is 5.52. The molecule has 0 bridgehead atoms. The van der Waals surface area contributed by atoms with E-state index in [9.17, 15) is 5.11 Å². The predicted molar refractivity (Wildman–Crippen MR) is 85.8 cm³/mol. The van der Waals surface area contributed by atoms with Crippen LogP contribution in [0.3, 0.4) is 0 Å². The first-order chi connectivity index (χ1) is 9.49. The monoisotopic (exact) mass is 275 g/mol. The van der Waals surface area contributed by atoms with E-state index in [4.69, 9.17) is 0 Å². The van der Waals surface area contributed by atoms with Gasteiger partial charge in [-0.15, -0.1) is 0 Å². The van der Waals surface area contributed by atoms with E-state index in [1.807, 2.05) is 25.1 Å². The lowest BCUT2D eigenvalue weighted by Crippen LogP contribution is -2.38. The van der Waals surface area contributed by atoms with Crippen LogP contribution in [0.4, 0.5) is 5.69 Å². The Labute approximate surface area is 123 Å². The number of hydrogen-bond acceptors (Lipinski definition) is 2. The first-order valence-electron chi connectivity index (χ1n) is 8.02. The number of nitrogens with one attached hydrogen (secondary N) is 1. The fourth-order valence-electron chi connectivity index (χ4n) is 3.56. The maximum absolute atomic E-state index is 9.92. The number of benzene rings is 1. The van der Waals surface area contributed by atoms with Gasteiger partial charge in [0.15, 0.2) is 0 Å². The van der Waals surface area contributed by atoms with Crippen molar-refractivity contribution in [3.63, 3.8) is 0 Å². The van der Waals surface area contributed by atoms with Crippen LogP contribution >= 0.6 is 0 Å². The highest BCUT2D eigenvalue weighted by atomic mass is 16.3. The fraction of sp³-hybridized carbons (Fsp3) is 0.667. The molecule has 1 aromatic carbocycles. The summed E-state index contributed by atoms with van der Waals surface area (Å²) in [6.45, 7) is 8.85.